The second-order valence-corrected chi connectivity index (χ2v) is 7.58. The minimum atomic E-state index is -0.347. The molecule has 5 rings (SSSR count). The van der Waals surface area contributed by atoms with Gasteiger partial charge in [-0.3, -0.25) is 0 Å². The maximum absolute atomic E-state index is 13.4. The average molecular weight is 424 g/mol. The van der Waals surface area contributed by atoms with Gasteiger partial charge in [0, 0.05) is 18.2 Å². The van der Waals surface area contributed by atoms with E-state index in [1.165, 1.54) is 18.5 Å². The number of halogens is 2. The van der Waals surface area contributed by atoms with Gasteiger partial charge in [0.15, 0.2) is 0 Å². The molecule has 3 N–H and O–H groups in total. The number of fused-ring (bicyclic) bond motifs is 1. The van der Waals surface area contributed by atoms with Gasteiger partial charge >= 0.3 is 0 Å². The van der Waals surface area contributed by atoms with Crippen LogP contribution in [0.4, 0.5) is 10.2 Å². The van der Waals surface area contributed by atoms with Gasteiger partial charge in [-0.15, -0.1) is 0 Å². The Morgan fingerprint density at radius 3 is 2.70 bits per heavy atom. The maximum atomic E-state index is 13.4. The third-order valence-electron chi connectivity index (χ3n) is 5.33. The van der Waals surface area contributed by atoms with E-state index in [1.807, 2.05) is 28.8 Å². The van der Waals surface area contributed by atoms with Crippen LogP contribution in [0.2, 0.25) is 5.15 Å². The Hall–Kier alpha value is -3.16. The fourth-order valence-corrected chi connectivity index (χ4v) is 4.36. The van der Waals surface area contributed by atoms with Gasteiger partial charge in [0.25, 0.3) is 0 Å². The van der Waals surface area contributed by atoms with Crippen molar-refractivity contribution in [2.45, 2.75) is 12.5 Å². The highest BCUT2D eigenvalue weighted by atomic mass is 35.5. The van der Waals surface area contributed by atoms with Crippen molar-refractivity contribution in [1.82, 2.24) is 19.9 Å². The molecule has 1 fully saturated rings. The average Bonchev–Trinajstić information content (AvgIpc) is 3.35. The summed E-state index contributed by atoms with van der Waals surface area (Å²) in [7, 11) is 0. The molecular formula is C22H19ClFN5O. The molecule has 6 nitrogen and oxygen atoms in total. The number of ether oxygens (including phenoxy) is 1. The van der Waals surface area contributed by atoms with Crippen LogP contribution in [0.15, 0.2) is 54.9 Å². The molecule has 2 aromatic heterocycles. The number of rotatable bonds is 4. The van der Waals surface area contributed by atoms with Crippen molar-refractivity contribution in [3.8, 4) is 22.6 Å². The van der Waals surface area contributed by atoms with E-state index in [1.54, 1.807) is 12.1 Å². The van der Waals surface area contributed by atoms with Crippen LogP contribution in [0.3, 0.4) is 0 Å². The summed E-state index contributed by atoms with van der Waals surface area (Å²) in [4.78, 5) is 8.65. The van der Waals surface area contributed by atoms with E-state index in [0.717, 1.165) is 41.7 Å². The number of nitrogens with two attached hydrogens (primary N) is 1. The summed E-state index contributed by atoms with van der Waals surface area (Å²) < 4.78 is 21.2. The van der Waals surface area contributed by atoms with Crippen molar-refractivity contribution in [3.63, 3.8) is 0 Å². The molecule has 0 saturated carbocycles. The zero-order valence-electron chi connectivity index (χ0n) is 16.0. The molecule has 1 aliphatic heterocycles. The predicted molar refractivity (Wildman–Crippen MR) is 115 cm³/mol. The lowest BCUT2D eigenvalue weighted by Crippen LogP contribution is -2.13. The van der Waals surface area contributed by atoms with Gasteiger partial charge in [-0.05, 0) is 42.8 Å². The Kier molecular flexibility index (Phi) is 4.77. The number of aromatic nitrogens is 3. The van der Waals surface area contributed by atoms with E-state index in [2.05, 4.69) is 15.3 Å². The van der Waals surface area contributed by atoms with E-state index in [4.69, 9.17) is 22.1 Å². The van der Waals surface area contributed by atoms with Crippen molar-refractivity contribution in [2.75, 3.05) is 18.8 Å². The molecule has 0 bridgehead atoms. The molecule has 30 heavy (non-hydrogen) atoms. The number of nitrogens with one attached hydrogen (secondary N) is 1. The van der Waals surface area contributed by atoms with E-state index >= 15 is 0 Å². The maximum Gasteiger partial charge on any atom is 0.147 e. The topological polar surface area (TPSA) is 78.0 Å². The van der Waals surface area contributed by atoms with E-state index in [-0.39, 0.29) is 11.9 Å². The quantitative estimate of drug-likeness (QED) is 0.493. The Balaban J connectivity index is 1.57. The first kappa shape index (κ1) is 18.8. The fourth-order valence-electron chi connectivity index (χ4n) is 3.94. The molecule has 1 atom stereocenters. The molecule has 0 radical (unpaired) electrons. The smallest absolute Gasteiger partial charge is 0.147 e. The van der Waals surface area contributed by atoms with Crippen molar-refractivity contribution in [3.05, 3.63) is 65.8 Å². The van der Waals surface area contributed by atoms with E-state index in [0.29, 0.717) is 22.5 Å². The summed E-state index contributed by atoms with van der Waals surface area (Å²) in [5.74, 6) is 1.07. The molecule has 152 valence electrons. The van der Waals surface area contributed by atoms with Gasteiger partial charge in [0.2, 0.25) is 0 Å². The van der Waals surface area contributed by atoms with Gasteiger partial charge in [-0.2, -0.15) is 0 Å². The Morgan fingerprint density at radius 1 is 1.13 bits per heavy atom. The number of hydrogen-bond donors (Lipinski definition) is 2. The Labute approximate surface area is 177 Å². The summed E-state index contributed by atoms with van der Waals surface area (Å²) >= 11 is 6.86. The van der Waals surface area contributed by atoms with Crippen LogP contribution in [0.1, 0.15) is 12.5 Å². The van der Waals surface area contributed by atoms with Gasteiger partial charge in [-0.1, -0.05) is 29.8 Å². The van der Waals surface area contributed by atoms with Gasteiger partial charge in [0.05, 0.1) is 11.4 Å². The zero-order chi connectivity index (χ0) is 20.7. The summed E-state index contributed by atoms with van der Waals surface area (Å²) in [6, 6.07) is 13.7. The Bertz CT molecular complexity index is 1220. The van der Waals surface area contributed by atoms with E-state index < -0.39 is 0 Å². The number of nitrogens with zero attached hydrogens (tertiary/aromatic N) is 3. The standard InChI is InChI=1S/C22H19ClFN5O/c23-20-18(13-4-6-16(7-5-13)30-17-3-1-2-14(24)10-17)19-21(25)27-12-28-22(19)29(20)15-8-9-26-11-15/h1-7,10,12,15,26H,8-9,11H2,(H2,25,27,28)/t15-/m1/s1. The highest BCUT2D eigenvalue weighted by Gasteiger charge is 2.27. The molecule has 0 unspecified atom stereocenters. The van der Waals surface area contributed by atoms with Crippen molar-refractivity contribution in [2.24, 2.45) is 0 Å². The second-order valence-electron chi connectivity index (χ2n) is 7.22. The molecule has 8 heteroatoms. The number of nitrogen functional groups attached to an aromatic ring is 1. The lowest BCUT2D eigenvalue weighted by molar-refractivity contribution is 0.477. The van der Waals surface area contributed by atoms with Crippen LogP contribution in [0.25, 0.3) is 22.2 Å². The summed E-state index contributed by atoms with van der Waals surface area (Å²) in [6.07, 6.45) is 2.43. The third-order valence-corrected chi connectivity index (χ3v) is 5.70. The largest absolute Gasteiger partial charge is 0.457 e. The van der Waals surface area contributed by atoms with E-state index in [9.17, 15) is 4.39 Å². The van der Waals surface area contributed by atoms with Gasteiger partial charge < -0.3 is 20.4 Å². The first-order valence-electron chi connectivity index (χ1n) is 9.66. The molecular weight excluding hydrogens is 405 g/mol. The van der Waals surface area contributed by atoms with Crippen LogP contribution in [0.5, 0.6) is 11.5 Å². The third kappa shape index (κ3) is 3.26. The SMILES string of the molecule is Nc1ncnc2c1c(-c1ccc(Oc3cccc(F)c3)cc1)c(Cl)n2[C@@H]1CCNC1. The van der Waals surface area contributed by atoms with Crippen molar-refractivity contribution in [1.29, 1.82) is 0 Å². The number of benzene rings is 2. The molecule has 0 spiro atoms. The molecule has 0 aliphatic carbocycles. The fraction of sp³-hybridized carbons (Fsp3) is 0.182. The molecule has 1 saturated heterocycles. The highest BCUT2D eigenvalue weighted by molar-refractivity contribution is 6.35. The van der Waals surface area contributed by atoms with Gasteiger partial charge in [0.1, 0.15) is 40.3 Å². The van der Waals surface area contributed by atoms with Gasteiger partial charge in [-0.25, -0.2) is 14.4 Å². The second kappa shape index (κ2) is 7.59. The van der Waals surface area contributed by atoms with Crippen LogP contribution in [-0.4, -0.2) is 27.6 Å². The van der Waals surface area contributed by atoms with Crippen LogP contribution >= 0.6 is 11.6 Å². The first-order chi connectivity index (χ1) is 14.6. The summed E-state index contributed by atoms with van der Waals surface area (Å²) in [5, 5.41) is 4.69. The molecule has 0 amide bonds. The molecule has 2 aromatic carbocycles. The number of hydrogen-bond acceptors (Lipinski definition) is 5. The first-order valence-corrected chi connectivity index (χ1v) is 10.0. The molecule has 1 aliphatic rings. The van der Waals surface area contributed by atoms with Crippen LogP contribution in [0, 0.1) is 5.82 Å². The predicted octanol–water partition coefficient (Wildman–Crippen LogP) is 4.80. The monoisotopic (exact) mass is 423 g/mol. The van der Waals surface area contributed by atoms with Crippen molar-refractivity contribution >= 4 is 28.5 Å². The summed E-state index contributed by atoms with van der Waals surface area (Å²) in [5.41, 5.74) is 8.63. The minimum absolute atomic E-state index is 0.207. The number of anilines is 1. The minimum Gasteiger partial charge on any atom is -0.457 e. The summed E-state index contributed by atoms with van der Waals surface area (Å²) in [6.45, 7) is 1.76. The van der Waals surface area contributed by atoms with Crippen molar-refractivity contribution < 1.29 is 9.13 Å². The molecule has 4 aromatic rings. The van der Waals surface area contributed by atoms with Crippen LogP contribution in [-0.2, 0) is 0 Å². The van der Waals surface area contributed by atoms with Crippen LogP contribution < -0.4 is 15.8 Å². The zero-order valence-corrected chi connectivity index (χ0v) is 16.7. The Morgan fingerprint density at radius 2 is 1.97 bits per heavy atom. The normalized spacial score (nSPS) is 16.3. The highest BCUT2D eigenvalue weighted by Crippen LogP contribution is 2.42. The lowest BCUT2D eigenvalue weighted by atomic mass is 10.1. The lowest BCUT2D eigenvalue weighted by Gasteiger charge is -2.13. The molecule has 3 heterocycles.